The maximum absolute atomic E-state index is 11.8. The molecule has 0 aromatic rings. The zero-order valence-corrected chi connectivity index (χ0v) is 11.8. The average Bonchev–Trinajstić information content (AvgIpc) is 2.38. The third-order valence-corrected chi connectivity index (χ3v) is 3.23. The fraction of sp³-hybridized carbons (Fsp3) is 0.923. The Balaban J connectivity index is 4.54. The van der Waals surface area contributed by atoms with Gasteiger partial charge in [0.1, 0.15) is 18.3 Å². The number of hydrogen-bond donors (Lipinski definition) is 2. The summed E-state index contributed by atoms with van der Waals surface area (Å²) in [5.41, 5.74) is 0. The quantitative estimate of drug-likeness (QED) is 0.609. The van der Waals surface area contributed by atoms with Gasteiger partial charge in [0, 0.05) is 7.11 Å². The zero-order valence-electron chi connectivity index (χ0n) is 11.8. The highest BCUT2D eigenvalue weighted by Gasteiger charge is 2.30. The van der Waals surface area contributed by atoms with Crippen LogP contribution < -0.4 is 0 Å². The van der Waals surface area contributed by atoms with Gasteiger partial charge < -0.3 is 19.7 Å². The number of ether oxygens (including phenoxy) is 2. The summed E-state index contributed by atoms with van der Waals surface area (Å²) in [6.07, 6.45) is -0.471. The first-order valence-corrected chi connectivity index (χ1v) is 6.57. The molecule has 3 unspecified atom stereocenters. The molecule has 0 aromatic heterocycles. The molecule has 108 valence electrons. The van der Waals surface area contributed by atoms with Crippen LogP contribution in [-0.2, 0) is 14.3 Å². The van der Waals surface area contributed by atoms with E-state index in [2.05, 4.69) is 0 Å². The maximum atomic E-state index is 11.8. The van der Waals surface area contributed by atoms with Crippen LogP contribution in [0.3, 0.4) is 0 Å². The summed E-state index contributed by atoms with van der Waals surface area (Å²) < 4.78 is 10.3. The largest absolute Gasteiger partial charge is 0.459 e. The van der Waals surface area contributed by atoms with Crippen molar-refractivity contribution < 1.29 is 24.5 Å². The summed E-state index contributed by atoms with van der Waals surface area (Å²) in [6.45, 7) is 5.37. The lowest BCUT2D eigenvalue weighted by Crippen LogP contribution is -2.43. The van der Waals surface area contributed by atoms with Gasteiger partial charge in [0.25, 0.3) is 0 Å². The van der Waals surface area contributed by atoms with Crippen LogP contribution in [0.15, 0.2) is 0 Å². The minimum absolute atomic E-state index is 0.138. The van der Waals surface area contributed by atoms with E-state index in [1.165, 1.54) is 7.11 Å². The van der Waals surface area contributed by atoms with Gasteiger partial charge in [-0.2, -0.15) is 0 Å². The minimum atomic E-state index is -1.01. The van der Waals surface area contributed by atoms with Crippen molar-refractivity contribution >= 4 is 5.97 Å². The molecular formula is C13H26O5. The van der Waals surface area contributed by atoms with Gasteiger partial charge >= 0.3 is 5.97 Å². The van der Waals surface area contributed by atoms with Gasteiger partial charge in [-0.1, -0.05) is 20.8 Å². The van der Waals surface area contributed by atoms with Crippen LogP contribution in [0.1, 0.15) is 40.0 Å². The molecule has 0 radical (unpaired) electrons. The van der Waals surface area contributed by atoms with Crippen LogP contribution >= 0.6 is 0 Å². The number of carbonyl (C=O) groups is 1. The summed E-state index contributed by atoms with van der Waals surface area (Å²) >= 11 is 0. The van der Waals surface area contributed by atoms with Crippen LogP contribution in [0.4, 0.5) is 0 Å². The predicted molar refractivity (Wildman–Crippen MR) is 68.1 cm³/mol. The first-order chi connectivity index (χ1) is 8.55. The molecule has 0 heterocycles. The van der Waals surface area contributed by atoms with Crippen LogP contribution in [0.2, 0.25) is 0 Å². The van der Waals surface area contributed by atoms with Crippen LogP contribution in [0, 0.1) is 5.92 Å². The number of aliphatic hydroxyl groups is 2. The van der Waals surface area contributed by atoms with E-state index < -0.39 is 18.3 Å². The summed E-state index contributed by atoms with van der Waals surface area (Å²) in [4.78, 5) is 11.8. The first-order valence-electron chi connectivity index (χ1n) is 6.57. The Bertz CT molecular complexity index is 223. The molecule has 0 saturated carbocycles. The second-order valence-corrected chi connectivity index (χ2v) is 4.34. The number of hydrogen-bond acceptors (Lipinski definition) is 5. The fourth-order valence-corrected chi connectivity index (χ4v) is 1.82. The molecule has 18 heavy (non-hydrogen) atoms. The third-order valence-electron chi connectivity index (χ3n) is 3.23. The van der Waals surface area contributed by atoms with Crippen molar-refractivity contribution in [3.8, 4) is 0 Å². The maximum Gasteiger partial charge on any atom is 0.309 e. The van der Waals surface area contributed by atoms with E-state index >= 15 is 0 Å². The monoisotopic (exact) mass is 262 g/mol. The van der Waals surface area contributed by atoms with E-state index in [0.717, 1.165) is 12.8 Å². The van der Waals surface area contributed by atoms with E-state index in [-0.39, 0.29) is 18.5 Å². The lowest BCUT2D eigenvalue weighted by Gasteiger charge is -2.28. The fourth-order valence-electron chi connectivity index (χ4n) is 1.82. The van der Waals surface area contributed by atoms with Gasteiger partial charge in [0.2, 0.25) is 0 Å². The van der Waals surface area contributed by atoms with Gasteiger partial charge in [0.15, 0.2) is 0 Å². The molecule has 0 saturated heterocycles. The Morgan fingerprint density at radius 2 is 1.67 bits per heavy atom. The molecular weight excluding hydrogens is 236 g/mol. The molecule has 0 aliphatic carbocycles. The normalized spacial score (nSPS) is 16.4. The van der Waals surface area contributed by atoms with E-state index in [9.17, 15) is 9.90 Å². The summed E-state index contributed by atoms with van der Waals surface area (Å²) in [7, 11) is 1.40. The lowest BCUT2D eigenvalue weighted by atomic mass is 10.0. The molecule has 0 bridgehead atoms. The minimum Gasteiger partial charge on any atom is -0.459 e. The third kappa shape index (κ3) is 4.92. The van der Waals surface area contributed by atoms with Gasteiger partial charge in [0.05, 0.1) is 12.5 Å². The summed E-state index contributed by atoms with van der Waals surface area (Å²) in [6, 6.07) is 0. The number of rotatable bonds is 9. The molecule has 2 N–H and O–H groups in total. The zero-order chi connectivity index (χ0) is 14.1. The molecule has 0 rings (SSSR count). The Kier molecular flexibility index (Phi) is 8.97. The molecule has 5 heteroatoms. The lowest BCUT2D eigenvalue weighted by molar-refractivity contribution is -0.168. The Morgan fingerprint density at radius 1 is 1.11 bits per heavy atom. The molecule has 0 aliphatic rings. The second kappa shape index (κ2) is 9.30. The number of esters is 1. The smallest absolute Gasteiger partial charge is 0.309 e. The average molecular weight is 262 g/mol. The molecule has 0 aromatic carbocycles. The highest BCUT2D eigenvalue weighted by molar-refractivity contribution is 5.72. The van der Waals surface area contributed by atoms with Crippen molar-refractivity contribution in [2.75, 3.05) is 13.7 Å². The Hall–Kier alpha value is -0.650. The summed E-state index contributed by atoms with van der Waals surface area (Å²) in [5.74, 6) is -0.430. The molecule has 0 amide bonds. The van der Waals surface area contributed by atoms with Crippen molar-refractivity contribution in [1.29, 1.82) is 0 Å². The highest BCUT2D eigenvalue weighted by atomic mass is 16.6. The number of carbonyl (C=O) groups excluding carboxylic acids is 1. The van der Waals surface area contributed by atoms with Crippen molar-refractivity contribution in [3.05, 3.63) is 0 Å². The Labute approximate surface area is 109 Å². The molecule has 5 nitrogen and oxygen atoms in total. The van der Waals surface area contributed by atoms with Crippen LogP contribution in [-0.4, -0.2) is 48.2 Å². The predicted octanol–water partition coefficient (Wildman–Crippen LogP) is 1.11. The topological polar surface area (TPSA) is 76.0 Å². The number of methoxy groups -OCH3 is 1. The van der Waals surface area contributed by atoms with E-state index in [4.69, 9.17) is 14.6 Å². The Morgan fingerprint density at radius 3 is 2.00 bits per heavy atom. The van der Waals surface area contributed by atoms with Crippen LogP contribution in [0.5, 0.6) is 0 Å². The van der Waals surface area contributed by atoms with Gasteiger partial charge in [-0.05, 0) is 19.3 Å². The highest BCUT2D eigenvalue weighted by Crippen LogP contribution is 2.16. The molecule has 0 fully saturated rings. The number of aliphatic hydroxyl groups excluding tert-OH is 2. The van der Waals surface area contributed by atoms with Crippen molar-refractivity contribution in [3.63, 3.8) is 0 Å². The summed E-state index contributed by atoms with van der Waals surface area (Å²) in [5, 5.41) is 19.0. The van der Waals surface area contributed by atoms with Gasteiger partial charge in [-0.25, -0.2) is 0 Å². The standard InChI is InChI=1S/C13H26O5/c1-5-9(6-2)13(16)18-10(7-3)12(15)11(8-14)17-4/h9-12,14-15H,5-8H2,1-4H3. The van der Waals surface area contributed by atoms with Gasteiger partial charge in [-0.3, -0.25) is 4.79 Å². The van der Waals surface area contributed by atoms with Crippen molar-refractivity contribution in [2.24, 2.45) is 5.92 Å². The first kappa shape index (κ1) is 17.4. The van der Waals surface area contributed by atoms with E-state index in [1.807, 2.05) is 20.8 Å². The van der Waals surface area contributed by atoms with Gasteiger partial charge in [-0.15, -0.1) is 0 Å². The SMILES string of the molecule is CCC(CC)C(=O)OC(CC)C(O)C(CO)OC. The second-order valence-electron chi connectivity index (χ2n) is 4.34. The molecule has 0 aliphatic heterocycles. The van der Waals surface area contributed by atoms with Crippen molar-refractivity contribution in [1.82, 2.24) is 0 Å². The molecule has 3 atom stereocenters. The van der Waals surface area contributed by atoms with E-state index in [0.29, 0.717) is 6.42 Å². The molecule has 0 spiro atoms. The van der Waals surface area contributed by atoms with Crippen molar-refractivity contribution in [2.45, 2.75) is 58.3 Å². The van der Waals surface area contributed by atoms with Crippen LogP contribution in [0.25, 0.3) is 0 Å². The van der Waals surface area contributed by atoms with E-state index in [1.54, 1.807) is 0 Å².